The topological polar surface area (TPSA) is 37.8 Å². The summed E-state index contributed by atoms with van der Waals surface area (Å²) in [4.78, 5) is 0. The Morgan fingerprint density at radius 3 is 2.75 bits per heavy atom. The van der Waals surface area contributed by atoms with Crippen molar-refractivity contribution in [3.8, 4) is 0 Å². The van der Waals surface area contributed by atoms with Crippen LogP contribution in [0.4, 0.5) is 0 Å². The van der Waals surface area contributed by atoms with Crippen molar-refractivity contribution in [3.05, 3.63) is 45.9 Å². The van der Waals surface area contributed by atoms with Crippen molar-refractivity contribution in [1.82, 2.24) is 15.5 Å². The second kappa shape index (κ2) is 6.02. The molecule has 0 spiro atoms. The number of hydrogen-bond acceptors (Lipinski definition) is 4. The van der Waals surface area contributed by atoms with Gasteiger partial charge in [-0.15, -0.1) is 21.5 Å². The minimum atomic E-state index is 0.535. The standard InChI is InChI=1S/C16H21N3S/c1-11(2)17-9-8-15-18-19-16(20-15)14-10-13(14)12-6-4-3-5-7-12/h3-7,11,13-14,17H,8-10H2,1-2H3. The first-order valence-corrected chi connectivity index (χ1v) is 8.16. The molecule has 1 heterocycles. The third-order valence-corrected chi connectivity index (χ3v) is 4.82. The lowest BCUT2D eigenvalue weighted by Crippen LogP contribution is -2.24. The molecule has 0 amide bonds. The van der Waals surface area contributed by atoms with Crippen LogP contribution in [0.25, 0.3) is 0 Å². The van der Waals surface area contributed by atoms with E-state index in [1.54, 1.807) is 11.3 Å². The average Bonchev–Trinajstić information content (AvgIpc) is 3.12. The van der Waals surface area contributed by atoms with Crippen LogP contribution in [0.5, 0.6) is 0 Å². The molecule has 20 heavy (non-hydrogen) atoms. The van der Waals surface area contributed by atoms with E-state index in [-0.39, 0.29) is 0 Å². The fourth-order valence-corrected chi connectivity index (χ4v) is 3.54. The zero-order chi connectivity index (χ0) is 13.9. The second-order valence-electron chi connectivity index (χ2n) is 5.75. The minimum absolute atomic E-state index is 0.535. The van der Waals surface area contributed by atoms with Gasteiger partial charge in [-0.05, 0) is 17.9 Å². The van der Waals surface area contributed by atoms with Gasteiger partial charge in [0.1, 0.15) is 10.0 Å². The smallest absolute Gasteiger partial charge is 0.121 e. The van der Waals surface area contributed by atoms with Crippen molar-refractivity contribution in [2.24, 2.45) is 0 Å². The Morgan fingerprint density at radius 2 is 2.00 bits per heavy atom. The maximum absolute atomic E-state index is 4.39. The number of hydrogen-bond donors (Lipinski definition) is 1. The van der Waals surface area contributed by atoms with Crippen LogP contribution < -0.4 is 5.32 Å². The largest absolute Gasteiger partial charge is 0.314 e. The summed E-state index contributed by atoms with van der Waals surface area (Å²) in [6.07, 6.45) is 2.21. The van der Waals surface area contributed by atoms with Crippen molar-refractivity contribution in [3.63, 3.8) is 0 Å². The normalized spacial score (nSPS) is 21.4. The van der Waals surface area contributed by atoms with E-state index in [2.05, 4.69) is 59.7 Å². The van der Waals surface area contributed by atoms with Crippen molar-refractivity contribution in [2.45, 2.75) is 44.6 Å². The summed E-state index contributed by atoms with van der Waals surface area (Å²) in [6.45, 7) is 5.32. The SMILES string of the molecule is CC(C)NCCc1nnc(C2CC2c2ccccc2)s1. The lowest BCUT2D eigenvalue weighted by Gasteiger charge is -2.05. The number of nitrogens with one attached hydrogen (secondary N) is 1. The quantitative estimate of drug-likeness (QED) is 0.885. The molecule has 2 unspecified atom stereocenters. The van der Waals surface area contributed by atoms with Crippen LogP contribution in [0.2, 0.25) is 0 Å². The number of benzene rings is 1. The van der Waals surface area contributed by atoms with Crippen LogP contribution >= 0.6 is 11.3 Å². The van der Waals surface area contributed by atoms with Gasteiger partial charge in [0.05, 0.1) is 0 Å². The molecule has 1 aliphatic rings. The molecule has 1 aromatic heterocycles. The van der Waals surface area contributed by atoms with E-state index < -0.39 is 0 Å². The molecular weight excluding hydrogens is 266 g/mol. The zero-order valence-electron chi connectivity index (χ0n) is 12.0. The van der Waals surface area contributed by atoms with Gasteiger partial charge in [-0.3, -0.25) is 0 Å². The van der Waals surface area contributed by atoms with Crippen molar-refractivity contribution in [1.29, 1.82) is 0 Å². The van der Waals surface area contributed by atoms with Crippen LogP contribution in [-0.4, -0.2) is 22.8 Å². The van der Waals surface area contributed by atoms with Crippen LogP contribution in [-0.2, 0) is 6.42 Å². The van der Waals surface area contributed by atoms with Gasteiger partial charge in [0, 0.05) is 24.9 Å². The third kappa shape index (κ3) is 3.25. The van der Waals surface area contributed by atoms with Crippen LogP contribution in [0, 0.1) is 0 Å². The second-order valence-corrected chi connectivity index (χ2v) is 6.85. The summed E-state index contributed by atoms with van der Waals surface area (Å²) in [6, 6.07) is 11.3. The van der Waals surface area contributed by atoms with Gasteiger partial charge in [-0.1, -0.05) is 44.2 Å². The van der Waals surface area contributed by atoms with E-state index in [1.165, 1.54) is 17.0 Å². The van der Waals surface area contributed by atoms with Gasteiger partial charge in [0.25, 0.3) is 0 Å². The highest BCUT2D eigenvalue weighted by molar-refractivity contribution is 7.11. The van der Waals surface area contributed by atoms with E-state index >= 15 is 0 Å². The molecule has 1 saturated carbocycles. The predicted molar refractivity (Wildman–Crippen MR) is 83.3 cm³/mol. The summed E-state index contributed by atoms with van der Waals surface area (Å²) in [7, 11) is 0. The molecule has 2 atom stereocenters. The van der Waals surface area contributed by atoms with Gasteiger partial charge in [0.15, 0.2) is 0 Å². The summed E-state index contributed by atoms with van der Waals surface area (Å²) < 4.78 is 0. The number of aromatic nitrogens is 2. The first-order chi connectivity index (χ1) is 9.74. The Morgan fingerprint density at radius 1 is 1.20 bits per heavy atom. The first-order valence-electron chi connectivity index (χ1n) is 7.34. The molecule has 0 radical (unpaired) electrons. The maximum Gasteiger partial charge on any atom is 0.121 e. The maximum atomic E-state index is 4.39. The molecule has 0 aliphatic heterocycles. The molecule has 3 nitrogen and oxygen atoms in total. The molecule has 1 fully saturated rings. The summed E-state index contributed by atoms with van der Waals surface area (Å²) in [5, 5.41) is 14.5. The van der Waals surface area contributed by atoms with E-state index in [9.17, 15) is 0 Å². The van der Waals surface area contributed by atoms with E-state index in [1.807, 2.05) is 0 Å². The van der Waals surface area contributed by atoms with Gasteiger partial charge < -0.3 is 5.32 Å². The highest BCUT2D eigenvalue weighted by atomic mass is 32.1. The average molecular weight is 287 g/mol. The molecule has 2 aromatic rings. The zero-order valence-corrected chi connectivity index (χ0v) is 12.9. The molecule has 0 bridgehead atoms. The molecular formula is C16H21N3S. The third-order valence-electron chi connectivity index (χ3n) is 3.71. The molecule has 106 valence electrons. The van der Waals surface area contributed by atoms with Crippen LogP contribution in [0.15, 0.2) is 30.3 Å². The fraction of sp³-hybridized carbons (Fsp3) is 0.500. The lowest BCUT2D eigenvalue weighted by atomic mass is 10.1. The highest BCUT2D eigenvalue weighted by Gasteiger charge is 2.41. The Hall–Kier alpha value is -1.26. The molecule has 4 heteroatoms. The monoisotopic (exact) mass is 287 g/mol. The molecule has 0 saturated heterocycles. The summed E-state index contributed by atoms with van der Waals surface area (Å²) >= 11 is 1.79. The predicted octanol–water partition coefficient (Wildman–Crippen LogP) is 3.35. The summed E-state index contributed by atoms with van der Waals surface area (Å²) in [5.74, 6) is 1.26. The van der Waals surface area contributed by atoms with Crippen LogP contribution in [0.1, 0.15) is 47.7 Å². The molecule has 1 aromatic carbocycles. The van der Waals surface area contributed by atoms with Crippen molar-refractivity contribution >= 4 is 11.3 Å². The summed E-state index contributed by atoms with van der Waals surface area (Å²) in [5.41, 5.74) is 1.44. The molecule has 1 aliphatic carbocycles. The Kier molecular flexibility index (Phi) is 4.13. The molecule has 1 N–H and O–H groups in total. The highest BCUT2D eigenvalue weighted by Crippen LogP contribution is 2.55. The van der Waals surface area contributed by atoms with Gasteiger partial charge >= 0.3 is 0 Å². The van der Waals surface area contributed by atoms with Crippen LogP contribution in [0.3, 0.4) is 0 Å². The number of nitrogens with zero attached hydrogens (tertiary/aromatic N) is 2. The Labute approximate surface area is 124 Å². The van der Waals surface area contributed by atoms with Gasteiger partial charge in [0.2, 0.25) is 0 Å². The first kappa shape index (κ1) is 13.7. The fourth-order valence-electron chi connectivity index (χ4n) is 2.52. The lowest BCUT2D eigenvalue weighted by molar-refractivity contribution is 0.588. The Bertz CT molecular complexity index is 550. The van der Waals surface area contributed by atoms with E-state index in [0.29, 0.717) is 17.9 Å². The van der Waals surface area contributed by atoms with E-state index in [4.69, 9.17) is 0 Å². The Balaban J connectivity index is 1.56. The van der Waals surface area contributed by atoms with Crippen molar-refractivity contribution < 1.29 is 0 Å². The van der Waals surface area contributed by atoms with Gasteiger partial charge in [-0.25, -0.2) is 0 Å². The van der Waals surface area contributed by atoms with E-state index in [0.717, 1.165) is 18.0 Å². The van der Waals surface area contributed by atoms with Gasteiger partial charge in [-0.2, -0.15) is 0 Å². The number of rotatable bonds is 6. The molecule has 3 rings (SSSR count). The minimum Gasteiger partial charge on any atom is -0.314 e. The van der Waals surface area contributed by atoms with Crippen molar-refractivity contribution in [2.75, 3.05) is 6.54 Å².